The van der Waals surface area contributed by atoms with Crippen molar-refractivity contribution in [1.82, 2.24) is 19.7 Å². The summed E-state index contributed by atoms with van der Waals surface area (Å²) in [7, 11) is -4.21. The molecule has 0 saturated heterocycles. The molecule has 0 atom stereocenters. The SMILES string of the molecule is CCOC(=O)c1cnn(-c2cc(C)ncn2)c1S(N)(=O)=O. The molecular formula is C11H13N5O4S. The summed E-state index contributed by atoms with van der Waals surface area (Å²) in [5.74, 6) is -0.638. The zero-order chi connectivity index (χ0) is 15.6. The third-order valence-corrected chi connectivity index (χ3v) is 3.43. The van der Waals surface area contributed by atoms with E-state index in [2.05, 4.69) is 15.1 Å². The van der Waals surface area contributed by atoms with Crippen LogP contribution >= 0.6 is 0 Å². The summed E-state index contributed by atoms with van der Waals surface area (Å²) in [6.45, 7) is 3.41. The molecule has 0 radical (unpaired) electrons. The summed E-state index contributed by atoms with van der Waals surface area (Å²) < 4.78 is 29.3. The van der Waals surface area contributed by atoms with Crippen LogP contribution in [0.4, 0.5) is 0 Å². The van der Waals surface area contributed by atoms with Gasteiger partial charge in [0, 0.05) is 11.8 Å². The van der Waals surface area contributed by atoms with Crippen LogP contribution in [0.3, 0.4) is 0 Å². The van der Waals surface area contributed by atoms with Crippen LogP contribution in [-0.4, -0.2) is 40.7 Å². The molecule has 0 unspecified atom stereocenters. The number of carbonyl (C=O) groups is 1. The quantitative estimate of drug-likeness (QED) is 0.773. The van der Waals surface area contributed by atoms with Gasteiger partial charge in [-0.15, -0.1) is 0 Å². The number of sulfonamides is 1. The summed E-state index contributed by atoms with van der Waals surface area (Å²) in [6.07, 6.45) is 2.33. The molecule has 0 spiro atoms. The molecule has 0 aromatic carbocycles. The van der Waals surface area contributed by atoms with Crippen molar-refractivity contribution < 1.29 is 17.9 Å². The maximum absolute atomic E-state index is 11.8. The number of primary sulfonamides is 1. The molecule has 2 rings (SSSR count). The molecule has 9 nitrogen and oxygen atoms in total. The molecule has 2 aromatic rings. The van der Waals surface area contributed by atoms with Crippen molar-refractivity contribution in [2.24, 2.45) is 5.14 Å². The average molecular weight is 311 g/mol. The Labute approximate surface area is 120 Å². The molecule has 0 amide bonds. The lowest BCUT2D eigenvalue weighted by Gasteiger charge is -2.07. The number of aromatic nitrogens is 4. The summed E-state index contributed by atoms with van der Waals surface area (Å²) in [6, 6.07) is 1.51. The molecule has 0 aliphatic heterocycles. The minimum absolute atomic E-state index is 0.0979. The van der Waals surface area contributed by atoms with Gasteiger partial charge >= 0.3 is 5.97 Å². The van der Waals surface area contributed by atoms with Crippen molar-refractivity contribution in [2.75, 3.05) is 6.61 Å². The van der Waals surface area contributed by atoms with E-state index in [1.165, 1.54) is 12.4 Å². The fraction of sp³-hybridized carbons (Fsp3) is 0.273. The minimum Gasteiger partial charge on any atom is -0.462 e. The van der Waals surface area contributed by atoms with Crippen molar-refractivity contribution >= 4 is 16.0 Å². The number of carbonyl (C=O) groups excluding carboxylic acids is 1. The fourth-order valence-electron chi connectivity index (χ4n) is 1.68. The van der Waals surface area contributed by atoms with E-state index in [0.29, 0.717) is 5.69 Å². The van der Waals surface area contributed by atoms with Gasteiger partial charge in [0.05, 0.1) is 12.8 Å². The van der Waals surface area contributed by atoms with E-state index in [9.17, 15) is 13.2 Å². The Morgan fingerprint density at radius 3 is 2.71 bits per heavy atom. The van der Waals surface area contributed by atoms with E-state index in [4.69, 9.17) is 9.88 Å². The van der Waals surface area contributed by atoms with Gasteiger partial charge in [-0.2, -0.15) is 5.10 Å². The number of aryl methyl sites for hydroxylation is 1. The maximum Gasteiger partial charge on any atom is 0.342 e. The first kappa shape index (κ1) is 15.1. The van der Waals surface area contributed by atoms with Gasteiger partial charge in [-0.3, -0.25) is 0 Å². The Kier molecular flexibility index (Phi) is 4.00. The van der Waals surface area contributed by atoms with Crippen LogP contribution in [0.5, 0.6) is 0 Å². The van der Waals surface area contributed by atoms with Crippen LogP contribution in [-0.2, 0) is 14.8 Å². The molecule has 0 aliphatic rings. The van der Waals surface area contributed by atoms with Crippen molar-refractivity contribution in [3.63, 3.8) is 0 Å². The molecule has 21 heavy (non-hydrogen) atoms. The van der Waals surface area contributed by atoms with Crippen molar-refractivity contribution in [3.05, 3.63) is 29.8 Å². The molecule has 0 aliphatic carbocycles. The lowest BCUT2D eigenvalue weighted by molar-refractivity contribution is 0.0521. The zero-order valence-corrected chi connectivity index (χ0v) is 12.2. The lowest BCUT2D eigenvalue weighted by Crippen LogP contribution is -2.21. The average Bonchev–Trinajstić information content (AvgIpc) is 2.83. The van der Waals surface area contributed by atoms with Crippen LogP contribution in [0.2, 0.25) is 0 Å². The zero-order valence-electron chi connectivity index (χ0n) is 11.3. The highest BCUT2D eigenvalue weighted by molar-refractivity contribution is 7.89. The van der Waals surface area contributed by atoms with Gasteiger partial charge in [-0.25, -0.2) is 33.0 Å². The largest absolute Gasteiger partial charge is 0.462 e. The standard InChI is InChI=1S/C11H13N5O4S/c1-3-20-11(17)8-5-15-16(10(8)21(12,18)19)9-4-7(2)13-6-14-9/h4-6H,3H2,1-2H3,(H2,12,18,19). The summed E-state index contributed by atoms with van der Waals surface area (Å²) in [5.41, 5.74) is 0.365. The van der Waals surface area contributed by atoms with Crippen LogP contribution in [0.25, 0.3) is 5.82 Å². The van der Waals surface area contributed by atoms with E-state index >= 15 is 0 Å². The monoisotopic (exact) mass is 311 g/mol. The first-order chi connectivity index (χ1) is 9.84. The van der Waals surface area contributed by atoms with Gasteiger partial charge in [-0.1, -0.05) is 0 Å². The van der Waals surface area contributed by atoms with E-state index in [1.807, 2.05) is 0 Å². The summed E-state index contributed by atoms with van der Waals surface area (Å²) in [5, 5.41) is 8.56. The van der Waals surface area contributed by atoms with Gasteiger partial charge in [0.1, 0.15) is 11.9 Å². The minimum atomic E-state index is -4.21. The highest BCUT2D eigenvalue weighted by Gasteiger charge is 2.27. The number of nitrogens with zero attached hydrogens (tertiary/aromatic N) is 4. The Balaban J connectivity index is 2.66. The van der Waals surface area contributed by atoms with E-state index in [1.54, 1.807) is 13.8 Å². The third-order valence-electron chi connectivity index (χ3n) is 2.50. The highest BCUT2D eigenvalue weighted by Crippen LogP contribution is 2.18. The molecule has 0 saturated carbocycles. The van der Waals surface area contributed by atoms with Gasteiger partial charge < -0.3 is 4.74 Å². The van der Waals surface area contributed by atoms with Crippen molar-refractivity contribution in [3.8, 4) is 5.82 Å². The van der Waals surface area contributed by atoms with Crippen LogP contribution < -0.4 is 5.14 Å². The number of rotatable bonds is 4. The van der Waals surface area contributed by atoms with Gasteiger partial charge in [0.2, 0.25) is 0 Å². The lowest BCUT2D eigenvalue weighted by atomic mass is 10.3. The van der Waals surface area contributed by atoms with Gasteiger partial charge in [0.15, 0.2) is 10.8 Å². The molecule has 10 heteroatoms. The molecule has 112 valence electrons. The topological polar surface area (TPSA) is 130 Å². The van der Waals surface area contributed by atoms with Gasteiger partial charge in [0.25, 0.3) is 10.0 Å². The van der Waals surface area contributed by atoms with Crippen LogP contribution in [0, 0.1) is 6.92 Å². The van der Waals surface area contributed by atoms with Crippen LogP contribution in [0.15, 0.2) is 23.6 Å². The Morgan fingerprint density at radius 2 is 2.14 bits per heavy atom. The smallest absolute Gasteiger partial charge is 0.342 e. The number of esters is 1. The second-order valence-electron chi connectivity index (χ2n) is 4.06. The van der Waals surface area contributed by atoms with Crippen LogP contribution in [0.1, 0.15) is 23.0 Å². The summed E-state index contributed by atoms with van der Waals surface area (Å²) >= 11 is 0. The predicted octanol–water partition coefficient (Wildman–Crippen LogP) is -0.205. The summed E-state index contributed by atoms with van der Waals surface area (Å²) in [4.78, 5) is 19.6. The van der Waals surface area contributed by atoms with Gasteiger partial charge in [-0.05, 0) is 13.8 Å². The van der Waals surface area contributed by atoms with Crippen molar-refractivity contribution in [2.45, 2.75) is 18.9 Å². The second kappa shape index (κ2) is 5.58. The normalized spacial score (nSPS) is 11.4. The second-order valence-corrected chi connectivity index (χ2v) is 5.53. The number of ether oxygens (including phenoxy) is 1. The third kappa shape index (κ3) is 3.06. The molecule has 2 heterocycles. The fourth-order valence-corrected chi connectivity index (χ4v) is 2.50. The molecule has 2 N–H and O–H groups in total. The molecule has 2 aromatic heterocycles. The number of nitrogens with two attached hydrogens (primary N) is 1. The number of hydrogen-bond donors (Lipinski definition) is 1. The Hall–Kier alpha value is -2.33. The Bertz CT molecular complexity index is 784. The van der Waals surface area contributed by atoms with E-state index in [0.717, 1.165) is 10.9 Å². The Morgan fingerprint density at radius 1 is 1.43 bits per heavy atom. The van der Waals surface area contributed by atoms with E-state index < -0.39 is 21.0 Å². The predicted molar refractivity (Wildman–Crippen MR) is 71.2 cm³/mol. The maximum atomic E-state index is 11.8. The molecule has 0 bridgehead atoms. The first-order valence-corrected chi connectivity index (χ1v) is 7.46. The molecular weight excluding hydrogens is 298 g/mol. The van der Waals surface area contributed by atoms with E-state index in [-0.39, 0.29) is 18.0 Å². The first-order valence-electron chi connectivity index (χ1n) is 5.91. The number of hydrogen-bond acceptors (Lipinski definition) is 7. The van der Waals surface area contributed by atoms with Crippen molar-refractivity contribution in [1.29, 1.82) is 0 Å². The molecule has 0 fully saturated rings. The highest BCUT2D eigenvalue weighted by atomic mass is 32.2.